The Hall–Kier alpha value is -2.63. The summed E-state index contributed by atoms with van der Waals surface area (Å²) < 4.78 is 8.12. The molecule has 166 valence electrons. The Morgan fingerprint density at radius 2 is 1.68 bits per heavy atom. The minimum atomic E-state index is -0.318. The molecule has 1 unspecified atom stereocenters. The van der Waals surface area contributed by atoms with Crippen molar-refractivity contribution in [2.45, 2.75) is 52.2 Å². The number of aliphatic hydroxyl groups is 1. The average Bonchev–Trinajstić information content (AvgIpc) is 3.09. The van der Waals surface area contributed by atoms with Gasteiger partial charge in [-0.3, -0.25) is 4.90 Å². The number of hydrogen-bond donors (Lipinski definition) is 1. The van der Waals surface area contributed by atoms with Gasteiger partial charge in [-0.25, -0.2) is 4.68 Å². The van der Waals surface area contributed by atoms with Crippen LogP contribution >= 0.6 is 0 Å². The average molecular weight is 422 g/mol. The van der Waals surface area contributed by atoms with Crippen LogP contribution in [0.5, 0.6) is 11.6 Å². The van der Waals surface area contributed by atoms with Crippen molar-refractivity contribution in [2.24, 2.45) is 7.05 Å². The highest BCUT2D eigenvalue weighted by Gasteiger charge is 2.23. The number of hydrogen-bond acceptors (Lipinski definition) is 4. The molecule has 0 fully saturated rings. The van der Waals surface area contributed by atoms with Gasteiger partial charge in [0.2, 0.25) is 5.88 Å². The van der Waals surface area contributed by atoms with Crippen LogP contribution in [0.2, 0.25) is 0 Å². The van der Waals surface area contributed by atoms with E-state index < -0.39 is 0 Å². The third-order valence-electron chi connectivity index (χ3n) is 5.37. The molecule has 1 heterocycles. The van der Waals surface area contributed by atoms with Gasteiger partial charge < -0.3 is 9.84 Å². The SMILES string of the molecule is CCCCC(O)CN(CCC)Cc1c(-c2ccccc2)nn(C)c1Oc1ccccc1. The van der Waals surface area contributed by atoms with Crippen molar-refractivity contribution in [3.8, 4) is 22.9 Å². The zero-order valence-corrected chi connectivity index (χ0v) is 19.0. The Bertz CT molecular complexity index is 909. The van der Waals surface area contributed by atoms with E-state index in [-0.39, 0.29) is 6.10 Å². The van der Waals surface area contributed by atoms with Crippen LogP contribution in [0.1, 0.15) is 45.1 Å². The van der Waals surface area contributed by atoms with Gasteiger partial charge in [0.1, 0.15) is 11.4 Å². The van der Waals surface area contributed by atoms with Crippen LogP contribution in [0, 0.1) is 0 Å². The molecule has 0 bridgehead atoms. The third-order valence-corrected chi connectivity index (χ3v) is 5.37. The monoisotopic (exact) mass is 421 g/mol. The van der Waals surface area contributed by atoms with Crippen LogP contribution in [-0.2, 0) is 13.6 Å². The van der Waals surface area contributed by atoms with Crippen molar-refractivity contribution in [1.82, 2.24) is 14.7 Å². The maximum atomic E-state index is 10.6. The third kappa shape index (κ3) is 6.42. The smallest absolute Gasteiger partial charge is 0.222 e. The molecule has 0 spiro atoms. The Labute approximate surface area is 186 Å². The fourth-order valence-corrected chi connectivity index (χ4v) is 3.85. The minimum absolute atomic E-state index is 0.318. The number of aromatic nitrogens is 2. The van der Waals surface area contributed by atoms with E-state index in [1.165, 1.54) is 0 Å². The van der Waals surface area contributed by atoms with Crippen LogP contribution in [0.4, 0.5) is 0 Å². The number of para-hydroxylation sites is 1. The summed E-state index contributed by atoms with van der Waals surface area (Å²) in [5.41, 5.74) is 3.05. The van der Waals surface area contributed by atoms with E-state index >= 15 is 0 Å². The number of benzene rings is 2. The van der Waals surface area contributed by atoms with E-state index in [0.29, 0.717) is 13.1 Å². The Balaban J connectivity index is 1.94. The quantitative estimate of drug-likeness (QED) is 0.411. The van der Waals surface area contributed by atoms with Gasteiger partial charge in [-0.05, 0) is 31.5 Å². The summed E-state index contributed by atoms with van der Waals surface area (Å²) in [6.07, 6.45) is 3.69. The van der Waals surface area contributed by atoms with Gasteiger partial charge in [0.05, 0.1) is 11.7 Å². The lowest BCUT2D eigenvalue weighted by molar-refractivity contribution is 0.0992. The number of rotatable bonds is 12. The molecule has 3 rings (SSSR count). The number of aryl methyl sites for hydroxylation is 1. The molecule has 0 saturated heterocycles. The number of unbranched alkanes of at least 4 members (excludes halogenated alkanes) is 1. The molecule has 2 aromatic carbocycles. The highest BCUT2D eigenvalue weighted by atomic mass is 16.5. The first-order valence-electron chi connectivity index (χ1n) is 11.4. The molecule has 0 aliphatic rings. The maximum Gasteiger partial charge on any atom is 0.222 e. The summed E-state index contributed by atoms with van der Waals surface area (Å²) in [4.78, 5) is 2.32. The zero-order chi connectivity index (χ0) is 22.1. The van der Waals surface area contributed by atoms with Crippen molar-refractivity contribution in [1.29, 1.82) is 0 Å². The normalized spacial score (nSPS) is 12.3. The topological polar surface area (TPSA) is 50.5 Å². The van der Waals surface area contributed by atoms with Gasteiger partial charge in [0.15, 0.2) is 0 Å². The fraction of sp³-hybridized carbons (Fsp3) is 0.423. The van der Waals surface area contributed by atoms with E-state index in [9.17, 15) is 5.11 Å². The number of nitrogens with zero attached hydrogens (tertiary/aromatic N) is 3. The fourth-order valence-electron chi connectivity index (χ4n) is 3.85. The molecule has 0 amide bonds. The molecule has 1 atom stereocenters. The second-order valence-electron chi connectivity index (χ2n) is 8.07. The molecule has 0 aliphatic carbocycles. The number of aliphatic hydroxyl groups excluding tert-OH is 1. The van der Waals surface area contributed by atoms with Crippen LogP contribution in [-0.4, -0.2) is 39.0 Å². The van der Waals surface area contributed by atoms with E-state index in [4.69, 9.17) is 9.84 Å². The number of ether oxygens (including phenoxy) is 1. The largest absolute Gasteiger partial charge is 0.439 e. The summed E-state index contributed by atoms with van der Waals surface area (Å²) in [5, 5.41) is 15.4. The lowest BCUT2D eigenvalue weighted by Gasteiger charge is -2.25. The first-order valence-corrected chi connectivity index (χ1v) is 11.4. The maximum absolute atomic E-state index is 10.6. The zero-order valence-electron chi connectivity index (χ0n) is 19.0. The summed E-state index contributed by atoms with van der Waals surface area (Å²) >= 11 is 0. The van der Waals surface area contributed by atoms with E-state index in [0.717, 1.165) is 60.7 Å². The molecular weight excluding hydrogens is 386 g/mol. The second kappa shape index (κ2) is 11.7. The molecule has 0 radical (unpaired) electrons. The van der Waals surface area contributed by atoms with Gasteiger partial charge >= 0.3 is 0 Å². The van der Waals surface area contributed by atoms with Crippen molar-refractivity contribution >= 4 is 0 Å². The van der Waals surface area contributed by atoms with Gasteiger partial charge in [-0.1, -0.05) is 75.2 Å². The second-order valence-corrected chi connectivity index (χ2v) is 8.07. The molecule has 1 aromatic heterocycles. The van der Waals surface area contributed by atoms with Crippen LogP contribution in [0.25, 0.3) is 11.3 Å². The predicted molar refractivity (Wildman–Crippen MR) is 126 cm³/mol. The highest BCUT2D eigenvalue weighted by Crippen LogP contribution is 2.34. The van der Waals surface area contributed by atoms with Crippen molar-refractivity contribution in [3.63, 3.8) is 0 Å². The van der Waals surface area contributed by atoms with Gasteiger partial charge in [0, 0.05) is 25.7 Å². The Kier molecular flexibility index (Phi) is 8.68. The van der Waals surface area contributed by atoms with Crippen molar-refractivity contribution < 1.29 is 9.84 Å². The molecule has 0 saturated carbocycles. The molecule has 5 nitrogen and oxygen atoms in total. The minimum Gasteiger partial charge on any atom is -0.439 e. The van der Waals surface area contributed by atoms with Gasteiger partial charge in [-0.2, -0.15) is 5.10 Å². The van der Waals surface area contributed by atoms with E-state index in [2.05, 4.69) is 30.9 Å². The summed E-state index contributed by atoms with van der Waals surface area (Å²) in [5.74, 6) is 1.53. The molecule has 5 heteroatoms. The van der Waals surface area contributed by atoms with Crippen LogP contribution in [0.3, 0.4) is 0 Å². The molecule has 0 aliphatic heterocycles. The Morgan fingerprint density at radius 1 is 1.00 bits per heavy atom. The summed E-state index contributed by atoms with van der Waals surface area (Å²) in [6.45, 7) is 6.58. The standard InChI is InChI=1S/C26H35N3O2/c1-4-6-15-22(30)19-29(18-5-2)20-24-25(21-13-9-7-10-14-21)27-28(3)26(24)31-23-16-11-8-12-17-23/h7-14,16-17,22,30H,4-6,15,18-20H2,1-3H3. The lowest BCUT2D eigenvalue weighted by atomic mass is 10.1. The van der Waals surface area contributed by atoms with Crippen LogP contribution < -0.4 is 4.74 Å². The molecule has 1 N–H and O–H groups in total. The van der Waals surface area contributed by atoms with E-state index in [1.54, 1.807) is 0 Å². The van der Waals surface area contributed by atoms with Crippen molar-refractivity contribution in [2.75, 3.05) is 13.1 Å². The van der Waals surface area contributed by atoms with E-state index in [1.807, 2.05) is 60.3 Å². The first-order chi connectivity index (χ1) is 15.1. The lowest BCUT2D eigenvalue weighted by Crippen LogP contribution is -2.33. The molecule has 3 aromatic rings. The molecule has 31 heavy (non-hydrogen) atoms. The first kappa shape index (κ1) is 23.0. The summed E-state index contributed by atoms with van der Waals surface area (Å²) in [6, 6.07) is 20.1. The predicted octanol–water partition coefficient (Wildman–Crippen LogP) is 5.64. The van der Waals surface area contributed by atoms with Gasteiger partial charge in [-0.15, -0.1) is 0 Å². The van der Waals surface area contributed by atoms with Gasteiger partial charge in [0.25, 0.3) is 0 Å². The summed E-state index contributed by atoms with van der Waals surface area (Å²) in [7, 11) is 1.93. The molecular formula is C26H35N3O2. The van der Waals surface area contributed by atoms with Crippen LogP contribution in [0.15, 0.2) is 60.7 Å². The van der Waals surface area contributed by atoms with Crippen molar-refractivity contribution in [3.05, 3.63) is 66.2 Å². The Morgan fingerprint density at radius 3 is 2.32 bits per heavy atom. The highest BCUT2D eigenvalue weighted by molar-refractivity contribution is 5.65.